The highest BCUT2D eigenvalue weighted by Crippen LogP contribution is 2.19. The van der Waals surface area contributed by atoms with E-state index in [0.29, 0.717) is 11.6 Å². The number of amides is 1. The Bertz CT molecular complexity index is 611. The molecule has 0 aliphatic heterocycles. The van der Waals surface area contributed by atoms with Crippen molar-refractivity contribution >= 4 is 5.91 Å². The minimum atomic E-state index is -0.777. The lowest BCUT2D eigenvalue weighted by Gasteiger charge is -2.08. The van der Waals surface area contributed by atoms with Crippen LogP contribution < -0.4 is 10.1 Å². The second-order valence-corrected chi connectivity index (χ2v) is 3.99. The summed E-state index contributed by atoms with van der Waals surface area (Å²) < 4.78 is 18.4. The lowest BCUT2D eigenvalue weighted by atomic mass is 10.1. The second-order valence-electron chi connectivity index (χ2n) is 3.99. The van der Waals surface area contributed by atoms with E-state index in [1.165, 1.54) is 19.2 Å². The summed E-state index contributed by atoms with van der Waals surface area (Å²) in [4.78, 5) is 16.0. The number of phenols is 1. The molecule has 0 saturated carbocycles. The van der Waals surface area contributed by atoms with Gasteiger partial charge in [-0.25, -0.2) is 9.37 Å². The maximum Gasteiger partial charge on any atom is 0.258 e. The summed E-state index contributed by atoms with van der Waals surface area (Å²) in [6.45, 7) is 0.101. The quantitative estimate of drug-likeness (QED) is 0.894. The van der Waals surface area contributed by atoms with Crippen molar-refractivity contribution in [2.45, 2.75) is 6.54 Å². The van der Waals surface area contributed by atoms with Gasteiger partial charge in [0.1, 0.15) is 17.1 Å². The van der Waals surface area contributed by atoms with Gasteiger partial charge in [0, 0.05) is 6.07 Å². The van der Waals surface area contributed by atoms with Crippen LogP contribution in [0.1, 0.15) is 16.1 Å². The van der Waals surface area contributed by atoms with Gasteiger partial charge in [-0.2, -0.15) is 0 Å². The van der Waals surface area contributed by atoms with Gasteiger partial charge in [0.05, 0.1) is 19.3 Å². The SMILES string of the molecule is COc1cccc(CNC(=O)c2c(O)cccc2F)n1. The summed E-state index contributed by atoms with van der Waals surface area (Å²) >= 11 is 0. The standard InChI is InChI=1S/C14H13FN2O3/c1-20-12-7-2-4-9(17-12)8-16-14(19)13-10(15)5-3-6-11(13)18/h2-7,18H,8H2,1H3,(H,16,19). The molecule has 5 nitrogen and oxygen atoms in total. The van der Waals surface area contributed by atoms with Crippen molar-refractivity contribution in [3.8, 4) is 11.6 Å². The van der Waals surface area contributed by atoms with E-state index in [-0.39, 0.29) is 12.1 Å². The minimum Gasteiger partial charge on any atom is -0.507 e. The molecule has 104 valence electrons. The fourth-order valence-corrected chi connectivity index (χ4v) is 1.67. The smallest absolute Gasteiger partial charge is 0.258 e. The summed E-state index contributed by atoms with van der Waals surface area (Å²) in [7, 11) is 1.49. The molecule has 2 rings (SSSR count). The van der Waals surface area contributed by atoms with Crippen LogP contribution in [0.15, 0.2) is 36.4 Å². The van der Waals surface area contributed by atoms with E-state index in [1.54, 1.807) is 18.2 Å². The van der Waals surface area contributed by atoms with Crippen LogP contribution >= 0.6 is 0 Å². The van der Waals surface area contributed by atoms with Crippen LogP contribution in [0.5, 0.6) is 11.6 Å². The van der Waals surface area contributed by atoms with E-state index < -0.39 is 17.5 Å². The van der Waals surface area contributed by atoms with E-state index in [0.717, 1.165) is 6.07 Å². The summed E-state index contributed by atoms with van der Waals surface area (Å²) in [6, 6.07) is 8.79. The van der Waals surface area contributed by atoms with Crippen molar-refractivity contribution in [3.05, 3.63) is 53.5 Å². The van der Waals surface area contributed by atoms with Crippen LogP contribution in [0.4, 0.5) is 4.39 Å². The molecule has 1 aromatic carbocycles. The fraction of sp³-hybridized carbons (Fsp3) is 0.143. The zero-order valence-corrected chi connectivity index (χ0v) is 10.8. The lowest BCUT2D eigenvalue weighted by molar-refractivity contribution is 0.0943. The lowest BCUT2D eigenvalue weighted by Crippen LogP contribution is -2.24. The first-order chi connectivity index (χ1) is 9.61. The van der Waals surface area contributed by atoms with E-state index in [4.69, 9.17) is 4.74 Å². The number of ether oxygens (including phenoxy) is 1. The number of halogens is 1. The number of aromatic nitrogens is 1. The molecular weight excluding hydrogens is 263 g/mol. The molecule has 0 saturated heterocycles. The topological polar surface area (TPSA) is 71.5 Å². The van der Waals surface area contributed by atoms with Gasteiger partial charge in [-0.3, -0.25) is 4.79 Å². The van der Waals surface area contributed by atoms with Gasteiger partial charge in [0.2, 0.25) is 5.88 Å². The fourth-order valence-electron chi connectivity index (χ4n) is 1.67. The first-order valence-corrected chi connectivity index (χ1v) is 5.87. The average Bonchev–Trinajstić information content (AvgIpc) is 2.45. The molecule has 1 aromatic heterocycles. The third-order valence-electron chi connectivity index (χ3n) is 2.64. The summed E-state index contributed by atoms with van der Waals surface area (Å²) in [6.07, 6.45) is 0. The van der Waals surface area contributed by atoms with Crippen molar-refractivity contribution in [3.63, 3.8) is 0 Å². The molecule has 0 atom stereocenters. The molecule has 2 aromatic rings. The molecule has 0 fully saturated rings. The molecule has 6 heteroatoms. The second kappa shape index (κ2) is 6.01. The van der Waals surface area contributed by atoms with E-state index in [9.17, 15) is 14.3 Å². The van der Waals surface area contributed by atoms with Crippen LogP contribution in [0.3, 0.4) is 0 Å². The van der Waals surface area contributed by atoms with Gasteiger partial charge in [-0.1, -0.05) is 12.1 Å². The van der Waals surface area contributed by atoms with Crippen LogP contribution in [-0.4, -0.2) is 23.1 Å². The van der Waals surface area contributed by atoms with Crippen LogP contribution in [0, 0.1) is 5.82 Å². The highest BCUT2D eigenvalue weighted by atomic mass is 19.1. The third-order valence-corrected chi connectivity index (χ3v) is 2.64. The number of benzene rings is 1. The molecule has 1 amide bonds. The van der Waals surface area contributed by atoms with Crippen LogP contribution in [-0.2, 0) is 6.54 Å². The van der Waals surface area contributed by atoms with Gasteiger partial charge in [-0.15, -0.1) is 0 Å². The predicted molar refractivity (Wildman–Crippen MR) is 70.0 cm³/mol. The molecule has 0 aliphatic rings. The zero-order valence-electron chi connectivity index (χ0n) is 10.8. The number of phenolic OH excluding ortho intramolecular Hbond substituents is 1. The average molecular weight is 276 g/mol. The Balaban J connectivity index is 2.09. The predicted octanol–water partition coefficient (Wildman–Crippen LogP) is 1.86. The number of nitrogens with zero attached hydrogens (tertiary/aromatic N) is 1. The molecule has 0 unspecified atom stereocenters. The minimum absolute atomic E-state index is 0.101. The number of hydrogen-bond acceptors (Lipinski definition) is 4. The van der Waals surface area contributed by atoms with Crippen LogP contribution in [0.2, 0.25) is 0 Å². The first-order valence-electron chi connectivity index (χ1n) is 5.87. The van der Waals surface area contributed by atoms with Crippen molar-refractivity contribution in [2.75, 3.05) is 7.11 Å². The monoisotopic (exact) mass is 276 g/mol. The highest BCUT2D eigenvalue weighted by Gasteiger charge is 2.16. The molecule has 0 aliphatic carbocycles. The Kier molecular flexibility index (Phi) is 4.14. The largest absolute Gasteiger partial charge is 0.507 e. The molecule has 0 bridgehead atoms. The summed E-state index contributed by atoms with van der Waals surface area (Å²) in [5.74, 6) is -1.46. The number of rotatable bonds is 4. The highest BCUT2D eigenvalue weighted by molar-refractivity contribution is 5.96. The van der Waals surface area contributed by atoms with E-state index >= 15 is 0 Å². The van der Waals surface area contributed by atoms with Gasteiger partial charge >= 0.3 is 0 Å². The molecule has 20 heavy (non-hydrogen) atoms. The van der Waals surface area contributed by atoms with Gasteiger partial charge in [0.25, 0.3) is 5.91 Å². The first kappa shape index (κ1) is 13.8. The van der Waals surface area contributed by atoms with E-state index in [1.807, 2.05) is 0 Å². The van der Waals surface area contributed by atoms with E-state index in [2.05, 4.69) is 10.3 Å². The van der Waals surface area contributed by atoms with Crippen molar-refractivity contribution < 1.29 is 19.0 Å². The van der Waals surface area contributed by atoms with Crippen LogP contribution in [0.25, 0.3) is 0 Å². The molecule has 0 radical (unpaired) electrons. The van der Waals surface area contributed by atoms with Crippen molar-refractivity contribution in [1.82, 2.24) is 10.3 Å². The number of hydrogen-bond donors (Lipinski definition) is 2. The molecular formula is C14H13FN2O3. The maximum absolute atomic E-state index is 13.5. The Morgan fingerprint density at radius 1 is 1.35 bits per heavy atom. The number of aromatic hydroxyl groups is 1. The molecule has 0 spiro atoms. The van der Waals surface area contributed by atoms with Gasteiger partial charge in [-0.05, 0) is 18.2 Å². The number of pyridine rings is 1. The Labute approximate surface area is 115 Å². The summed E-state index contributed by atoms with van der Waals surface area (Å²) in [5, 5.41) is 12.0. The summed E-state index contributed by atoms with van der Waals surface area (Å²) in [5.41, 5.74) is 0.184. The zero-order chi connectivity index (χ0) is 14.5. The normalized spacial score (nSPS) is 10.1. The Morgan fingerprint density at radius 3 is 2.80 bits per heavy atom. The van der Waals surface area contributed by atoms with Gasteiger partial charge in [0.15, 0.2) is 0 Å². The van der Waals surface area contributed by atoms with Crippen molar-refractivity contribution in [2.24, 2.45) is 0 Å². The number of carbonyl (C=O) groups excluding carboxylic acids is 1. The maximum atomic E-state index is 13.5. The third kappa shape index (κ3) is 3.03. The Morgan fingerprint density at radius 2 is 2.10 bits per heavy atom. The molecule has 1 heterocycles. The molecule has 2 N–H and O–H groups in total. The van der Waals surface area contributed by atoms with Gasteiger partial charge < -0.3 is 15.2 Å². The number of carbonyl (C=O) groups is 1. The number of nitrogens with one attached hydrogen (secondary N) is 1. The Hall–Kier alpha value is -2.63. The number of methoxy groups -OCH3 is 1. The van der Waals surface area contributed by atoms with Crippen molar-refractivity contribution in [1.29, 1.82) is 0 Å².